The van der Waals surface area contributed by atoms with Crippen LogP contribution in [0.15, 0.2) is 93.2 Å². The molecule has 1 saturated heterocycles. The predicted octanol–water partition coefficient (Wildman–Crippen LogP) is 6.67. The van der Waals surface area contributed by atoms with E-state index in [-0.39, 0.29) is 23.7 Å². The monoisotopic (exact) mass is 569 g/mol. The Labute approximate surface area is 238 Å². The quantitative estimate of drug-likeness (QED) is 0.141. The lowest BCUT2D eigenvalue weighted by Crippen LogP contribution is -2.28. The number of benzene rings is 3. The number of carbonyl (C=O) groups is 2. The van der Waals surface area contributed by atoms with Crippen molar-refractivity contribution in [3.63, 3.8) is 0 Å². The number of carboxylic acids is 1. The molecule has 3 aromatic carbocycles. The summed E-state index contributed by atoms with van der Waals surface area (Å²) < 4.78 is 11.1. The van der Waals surface area contributed by atoms with Gasteiger partial charge in [0.15, 0.2) is 5.17 Å². The van der Waals surface area contributed by atoms with Gasteiger partial charge in [-0.1, -0.05) is 24.3 Å². The number of amides is 1. The van der Waals surface area contributed by atoms with E-state index in [0.29, 0.717) is 44.2 Å². The number of amidine groups is 1. The first-order valence-electron chi connectivity index (χ1n) is 12.3. The average Bonchev–Trinajstić information content (AvgIpc) is 3.54. The molecule has 1 amide bonds. The van der Waals surface area contributed by atoms with Gasteiger partial charge in [-0.15, -0.1) is 0 Å². The van der Waals surface area contributed by atoms with Gasteiger partial charge < -0.3 is 14.3 Å². The predicted molar refractivity (Wildman–Crippen MR) is 155 cm³/mol. The number of nitro groups is 1. The topological polar surface area (TPSA) is 135 Å². The highest BCUT2D eigenvalue weighted by Gasteiger charge is 2.34. The molecule has 1 aromatic heterocycles. The van der Waals surface area contributed by atoms with Gasteiger partial charge in [0, 0.05) is 23.3 Å². The Balaban J connectivity index is 1.46. The van der Waals surface area contributed by atoms with Crippen molar-refractivity contribution in [2.24, 2.45) is 4.99 Å². The lowest BCUT2D eigenvalue weighted by Gasteiger charge is -2.16. The number of furan rings is 1. The molecule has 0 bridgehead atoms. The molecule has 0 spiro atoms. The van der Waals surface area contributed by atoms with Gasteiger partial charge in [-0.3, -0.25) is 19.8 Å². The lowest BCUT2D eigenvalue weighted by atomic mass is 10.1. The van der Waals surface area contributed by atoms with Crippen LogP contribution >= 0.6 is 11.8 Å². The van der Waals surface area contributed by atoms with E-state index in [0.717, 1.165) is 5.56 Å². The Morgan fingerprint density at radius 2 is 1.83 bits per heavy atom. The molecule has 4 aromatic rings. The zero-order chi connectivity index (χ0) is 29.1. The van der Waals surface area contributed by atoms with Crippen molar-refractivity contribution in [2.75, 3.05) is 7.11 Å². The van der Waals surface area contributed by atoms with Crippen LogP contribution in [0.3, 0.4) is 0 Å². The van der Waals surface area contributed by atoms with E-state index in [9.17, 15) is 24.8 Å². The lowest BCUT2D eigenvalue weighted by molar-refractivity contribution is -0.385. The van der Waals surface area contributed by atoms with Gasteiger partial charge in [-0.25, -0.2) is 9.79 Å². The number of carbonyl (C=O) groups excluding carboxylic acids is 1. The molecule has 1 fully saturated rings. The molecule has 1 N–H and O–H groups in total. The van der Waals surface area contributed by atoms with Gasteiger partial charge in [-0.2, -0.15) is 0 Å². The van der Waals surface area contributed by atoms with Crippen LogP contribution in [0.25, 0.3) is 17.4 Å². The van der Waals surface area contributed by atoms with Crippen molar-refractivity contribution < 1.29 is 28.8 Å². The maximum Gasteiger partial charge on any atom is 0.335 e. The second-order valence-electron chi connectivity index (χ2n) is 9.06. The molecular formula is C30H23N3O7S. The van der Waals surface area contributed by atoms with Crippen LogP contribution in [0.1, 0.15) is 27.2 Å². The van der Waals surface area contributed by atoms with E-state index in [1.54, 1.807) is 80.8 Å². The highest BCUT2D eigenvalue weighted by Crippen LogP contribution is 2.36. The minimum Gasteiger partial charge on any atom is -0.497 e. The van der Waals surface area contributed by atoms with E-state index in [1.165, 1.54) is 34.9 Å². The maximum atomic E-state index is 13.5. The third kappa shape index (κ3) is 6.04. The van der Waals surface area contributed by atoms with Crippen LogP contribution in [0.5, 0.6) is 5.75 Å². The molecule has 0 atom stereocenters. The highest BCUT2D eigenvalue weighted by molar-refractivity contribution is 8.18. The summed E-state index contributed by atoms with van der Waals surface area (Å²) in [5.74, 6) is 0.170. The van der Waals surface area contributed by atoms with Gasteiger partial charge in [-0.05, 0) is 72.8 Å². The fourth-order valence-corrected chi connectivity index (χ4v) is 5.09. The summed E-state index contributed by atoms with van der Waals surface area (Å²) in [6.45, 7) is 1.84. The molecule has 1 aliphatic rings. The van der Waals surface area contributed by atoms with Crippen molar-refractivity contribution in [2.45, 2.75) is 13.5 Å². The molecule has 0 unspecified atom stereocenters. The zero-order valence-corrected chi connectivity index (χ0v) is 22.8. The molecule has 10 nitrogen and oxygen atoms in total. The number of aryl methyl sites for hydroxylation is 1. The van der Waals surface area contributed by atoms with Gasteiger partial charge in [0.25, 0.3) is 11.6 Å². The van der Waals surface area contributed by atoms with Gasteiger partial charge in [0.2, 0.25) is 0 Å². The second kappa shape index (κ2) is 11.5. The summed E-state index contributed by atoms with van der Waals surface area (Å²) in [5.41, 5.74) is 2.58. The maximum absolute atomic E-state index is 13.5. The molecule has 206 valence electrons. The third-order valence-electron chi connectivity index (χ3n) is 6.32. The van der Waals surface area contributed by atoms with Crippen molar-refractivity contribution in [3.05, 3.63) is 116 Å². The van der Waals surface area contributed by atoms with Gasteiger partial charge >= 0.3 is 5.97 Å². The molecule has 0 aliphatic carbocycles. The van der Waals surface area contributed by atoms with Gasteiger partial charge in [0.1, 0.15) is 17.3 Å². The first kappa shape index (κ1) is 27.4. The van der Waals surface area contributed by atoms with E-state index in [1.807, 2.05) is 0 Å². The molecule has 11 heteroatoms. The summed E-state index contributed by atoms with van der Waals surface area (Å²) >= 11 is 1.18. The van der Waals surface area contributed by atoms with Crippen molar-refractivity contribution >= 4 is 46.3 Å². The van der Waals surface area contributed by atoms with E-state index >= 15 is 0 Å². The Bertz CT molecular complexity index is 1710. The molecule has 0 saturated carbocycles. The highest BCUT2D eigenvalue weighted by atomic mass is 32.2. The van der Waals surface area contributed by atoms with E-state index in [2.05, 4.69) is 4.99 Å². The number of nitro benzene ring substituents is 1. The standard InChI is InChI=1S/C30H23N3O7S/c1-18-3-6-21(15-25(18)33(37)38)26-14-13-24(40-26)16-27-28(34)32(17-19-4-7-20(8-5-19)29(35)36)30(41-27)31-22-9-11-23(39-2)12-10-22/h3-16H,17H2,1-2H3,(H,35,36)/b27-16-,31-30?. The van der Waals surface area contributed by atoms with Crippen molar-refractivity contribution in [3.8, 4) is 17.1 Å². The van der Waals surface area contributed by atoms with Crippen LogP contribution in [0.2, 0.25) is 0 Å². The van der Waals surface area contributed by atoms with Crippen LogP contribution in [0, 0.1) is 17.0 Å². The number of hydrogen-bond donors (Lipinski definition) is 1. The fourth-order valence-electron chi connectivity index (χ4n) is 4.11. The van der Waals surface area contributed by atoms with Gasteiger partial charge in [0.05, 0.1) is 34.7 Å². The number of rotatable bonds is 8. The summed E-state index contributed by atoms with van der Waals surface area (Å²) in [4.78, 5) is 42.3. The van der Waals surface area contributed by atoms with E-state index in [4.69, 9.17) is 9.15 Å². The van der Waals surface area contributed by atoms with E-state index < -0.39 is 10.9 Å². The normalized spacial score (nSPS) is 15.1. The number of aliphatic imine (C=N–C) groups is 1. The second-order valence-corrected chi connectivity index (χ2v) is 10.1. The number of aromatic carboxylic acids is 1. The summed E-state index contributed by atoms with van der Waals surface area (Å²) in [7, 11) is 1.57. The van der Waals surface area contributed by atoms with Crippen LogP contribution in [-0.4, -0.2) is 39.1 Å². The minimum atomic E-state index is -1.03. The molecule has 5 rings (SSSR count). The molecule has 2 heterocycles. The number of methoxy groups -OCH3 is 1. The molecule has 1 aliphatic heterocycles. The Kier molecular flexibility index (Phi) is 7.70. The zero-order valence-electron chi connectivity index (χ0n) is 21.9. The van der Waals surface area contributed by atoms with Crippen LogP contribution < -0.4 is 4.74 Å². The van der Waals surface area contributed by atoms with Crippen molar-refractivity contribution in [1.29, 1.82) is 0 Å². The summed E-state index contributed by atoms with van der Waals surface area (Å²) in [5, 5.41) is 21.0. The summed E-state index contributed by atoms with van der Waals surface area (Å²) in [6.07, 6.45) is 1.61. The van der Waals surface area contributed by atoms with Crippen molar-refractivity contribution in [1.82, 2.24) is 4.90 Å². The number of nitrogens with zero attached hydrogens (tertiary/aromatic N) is 3. The number of hydrogen-bond acceptors (Lipinski definition) is 8. The van der Waals surface area contributed by atoms with Crippen LogP contribution in [0.4, 0.5) is 11.4 Å². The Hall–Kier alpha value is -5.16. The smallest absolute Gasteiger partial charge is 0.335 e. The van der Waals surface area contributed by atoms with Crippen LogP contribution in [-0.2, 0) is 11.3 Å². The molecule has 41 heavy (non-hydrogen) atoms. The first-order valence-corrected chi connectivity index (χ1v) is 13.1. The number of thioether (sulfide) groups is 1. The first-order chi connectivity index (χ1) is 19.7. The number of carboxylic acid groups (broad SMARTS) is 1. The third-order valence-corrected chi connectivity index (χ3v) is 7.32. The molecular weight excluding hydrogens is 546 g/mol. The largest absolute Gasteiger partial charge is 0.497 e. The summed E-state index contributed by atoms with van der Waals surface area (Å²) in [6, 6.07) is 21.6. The average molecular weight is 570 g/mol. The SMILES string of the molecule is COc1ccc(N=C2S/C(=C\c3ccc(-c4ccc(C)c([N+](=O)[O-])c4)o3)C(=O)N2Cc2ccc(C(=O)O)cc2)cc1. The Morgan fingerprint density at radius 3 is 2.49 bits per heavy atom. The number of ether oxygens (including phenoxy) is 1. The minimum absolute atomic E-state index is 0.00764. The molecule has 0 radical (unpaired) electrons. The fraction of sp³-hybridized carbons (Fsp3) is 0.100. The Morgan fingerprint density at radius 1 is 1.10 bits per heavy atom.